The van der Waals surface area contributed by atoms with Crippen molar-refractivity contribution in [2.75, 3.05) is 17.3 Å². The van der Waals surface area contributed by atoms with Crippen LogP contribution in [0.15, 0.2) is 9.81 Å². The molecule has 0 atom stereocenters. The van der Waals surface area contributed by atoms with E-state index in [1.165, 1.54) is 17.3 Å². The monoisotopic (exact) mass is 322 g/mol. The average molecular weight is 323 g/mol. The maximum atomic E-state index is 8.83. The number of halogens is 1. The van der Waals surface area contributed by atoms with Crippen LogP contribution >= 0.6 is 35.3 Å². The van der Waals surface area contributed by atoms with Gasteiger partial charge < -0.3 is 0 Å². The second kappa shape index (κ2) is 8.92. The van der Waals surface area contributed by atoms with E-state index in [-0.39, 0.29) is 0 Å². The third-order valence-electron chi connectivity index (χ3n) is 1.57. The van der Waals surface area contributed by atoms with Crippen molar-refractivity contribution in [3.05, 3.63) is 9.81 Å². The van der Waals surface area contributed by atoms with Gasteiger partial charge in [-0.15, -0.1) is 35.3 Å². The van der Waals surface area contributed by atoms with E-state index in [0.29, 0.717) is 0 Å². The van der Waals surface area contributed by atoms with Crippen molar-refractivity contribution in [1.29, 1.82) is 0 Å². The molecule has 0 amide bonds. The minimum atomic E-state index is -4.19. The summed E-state index contributed by atoms with van der Waals surface area (Å²) >= 11 is 6.14. The average Bonchev–Trinajstić information content (AvgIpc) is 2.78. The van der Waals surface area contributed by atoms with Gasteiger partial charge >= 0.3 is 28.9 Å². The number of hydrogen-bond donors (Lipinski definition) is 3. The van der Waals surface area contributed by atoms with Crippen molar-refractivity contribution >= 4 is 35.3 Å². The molecule has 0 radical (unpaired) electrons. The predicted molar refractivity (Wildman–Crippen MR) is 71.9 cm³/mol. The second-order valence-electron chi connectivity index (χ2n) is 2.86. The summed E-state index contributed by atoms with van der Waals surface area (Å²) in [5, 5.41) is 0.796. The molecule has 17 heavy (non-hydrogen) atoms. The van der Waals surface area contributed by atoms with Gasteiger partial charge in [0.25, 0.3) is 0 Å². The van der Waals surface area contributed by atoms with E-state index in [4.69, 9.17) is 18.6 Å². The molecule has 0 heterocycles. The normalized spacial score (nSPS) is 16.6. The maximum absolute atomic E-state index is 8.83. The molecule has 0 aliphatic heterocycles. The van der Waals surface area contributed by atoms with Crippen LogP contribution in [0.1, 0.15) is 20.8 Å². The molecule has 0 unspecified atom stereocenters. The van der Waals surface area contributed by atoms with Crippen LogP contribution in [-0.4, -0.2) is 36.5 Å². The Balaban J connectivity index is 0.000000437. The molecular formula is C9H19ClO4S3. The van der Waals surface area contributed by atoms with Gasteiger partial charge in [0.1, 0.15) is 0 Å². The Kier molecular flexibility index (Phi) is 9.41. The van der Waals surface area contributed by atoms with E-state index >= 15 is 0 Å². The first-order valence-corrected chi connectivity index (χ1v) is 9.46. The van der Waals surface area contributed by atoms with Gasteiger partial charge in [0.15, 0.2) is 0 Å². The Morgan fingerprint density at radius 1 is 1.00 bits per heavy atom. The molecule has 0 bridgehead atoms. The molecule has 0 saturated heterocycles. The molecule has 0 aromatic heterocycles. The van der Waals surface area contributed by atoms with Crippen LogP contribution in [0.25, 0.3) is 0 Å². The van der Waals surface area contributed by atoms with Crippen LogP contribution in [0, 0.1) is 10.2 Å². The van der Waals surface area contributed by atoms with Gasteiger partial charge in [-0.1, -0.05) is 20.8 Å². The summed E-state index contributed by atoms with van der Waals surface area (Å²) in [5.41, 5.74) is 0. The van der Waals surface area contributed by atoms with E-state index in [1.807, 2.05) is 23.5 Å². The summed E-state index contributed by atoms with van der Waals surface area (Å²) < 4.78 is 30.2. The van der Waals surface area contributed by atoms with Crippen LogP contribution in [0.4, 0.5) is 0 Å². The number of rotatable bonds is 6. The zero-order valence-electron chi connectivity index (χ0n) is 10.1. The molecule has 1 aliphatic carbocycles. The van der Waals surface area contributed by atoms with E-state index in [2.05, 4.69) is 32.5 Å². The fourth-order valence-corrected chi connectivity index (χ4v) is 4.87. The molecule has 1 aliphatic rings. The minimum absolute atomic E-state index is 0.796. The molecular weight excluding hydrogens is 304 g/mol. The molecule has 0 spiro atoms. The summed E-state index contributed by atoms with van der Waals surface area (Å²) in [6.45, 7) is 6.71. The Morgan fingerprint density at radius 2 is 1.35 bits per heavy atom. The van der Waals surface area contributed by atoms with E-state index in [1.54, 1.807) is 9.81 Å². The van der Waals surface area contributed by atoms with Crippen LogP contribution in [0.3, 0.4) is 0 Å². The van der Waals surface area contributed by atoms with Gasteiger partial charge in [0, 0.05) is 9.81 Å². The Labute approximate surface area is 117 Å². The van der Waals surface area contributed by atoms with Crippen LogP contribution in [0.2, 0.25) is 0 Å². The van der Waals surface area contributed by atoms with Crippen molar-refractivity contribution in [1.82, 2.24) is 0 Å². The van der Waals surface area contributed by atoms with Gasteiger partial charge in [0.2, 0.25) is 0 Å². The second-order valence-corrected chi connectivity index (χ2v) is 7.73. The molecule has 104 valence electrons. The molecule has 0 fully saturated rings. The molecule has 4 nitrogen and oxygen atoms in total. The molecule has 8 heteroatoms. The van der Waals surface area contributed by atoms with Crippen LogP contribution in [0.5, 0.6) is 0 Å². The van der Waals surface area contributed by atoms with Gasteiger partial charge in [0.05, 0.1) is 5.25 Å². The molecule has 0 aromatic rings. The fraction of sp³-hybridized carbons (Fsp3) is 0.778. The number of thioether (sulfide) groups is 3. The first-order chi connectivity index (χ1) is 7.85. The first kappa shape index (κ1) is 17.9. The first-order valence-electron chi connectivity index (χ1n) is 5.12. The summed E-state index contributed by atoms with van der Waals surface area (Å²) in [6, 6.07) is 0. The third kappa shape index (κ3) is 9.49. The SMILES string of the molecule is CCSC1=C(SCC)C1SCC.[O-][Cl+](O)(O)O. The molecule has 1 rings (SSSR count). The van der Waals surface area contributed by atoms with Crippen LogP contribution in [-0.2, 0) is 0 Å². The van der Waals surface area contributed by atoms with Crippen LogP contribution < -0.4 is 4.66 Å². The zero-order chi connectivity index (χ0) is 13.5. The fourth-order valence-electron chi connectivity index (χ4n) is 1.09. The van der Waals surface area contributed by atoms with Crippen molar-refractivity contribution in [3.8, 4) is 0 Å². The van der Waals surface area contributed by atoms with Gasteiger partial charge in [-0.3, -0.25) is 0 Å². The summed E-state index contributed by atoms with van der Waals surface area (Å²) in [7, 11) is -4.19. The third-order valence-corrected chi connectivity index (χ3v) is 5.25. The molecule has 3 N–H and O–H groups in total. The zero-order valence-corrected chi connectivity index (χ0v) is 13.3. The van der Waals surface area contributed by atoms with Gasteiger partial charge in [-0.2, -0.15) is 0 Å². The Bertz CT molecular complexity index is 233. The standard InChI is InChI=1S/C9H16S3.ClH3O4/c1-4-10-7-8(11-5-2)9(7)12-6-3;2-1(3,4)5/h7H,4-6H2,1-3H3;2-4H. The van der Waals surface area contributed by atoms with E-state index < -0.39 is 10.2 Å². The topological polar surface area (TPSA) is 83.8 Å². The molecule has 0 saturated carbocycles. The van der Waals surface area contributed by atoms with Gasteiger partial charge in [-0.25, -0.2) is 0 Å². The van der Waals surface area contributed by atoms with E-state index in [9.17, 15) is 0 Å². The van der Waals surface area contributed by atoms with Crippen molar-refractivity contribution in [2.45, 2.75) is 26.0 Å². The quantitative estimate of drug-likeness (QED) is 0.672. The predicted octanol–water partition coefficient (Wildman–Crippen LogP) is 0.979. The molecule has 0 aromatic carbocycles. The number of hydrogen-bond acceptors (Lipinski definition) is 7. The summed E-state index contributed by atoms with van der Waals surface area (Å²) in [4.78, 5) is 3.33. The summed E-state index contributed by atoms with van der Waals surface area (Å²) in [5.74, 6) is 3.69. The Morgan fingerprint density at radius 3 is 1.59 bits per heavy atom. The van der Waals surface area contributed by atoms with Crippen molar-refractivity contribution in [3.63, 3.8) is 0 Å². The van der Waals surface area contributed by atoms with Crippen molar-refractivity contribution in [2.24, 2.45) is 0 Å². The van der Waals surface area contributed by atoms with E-state index in [0.717, 1.165) is 5.25 Å². The van der Waals surface area contributed by atoms with Crippen molar-refractivity contribution < 1.29 is 28.9 Å². The summed E-state index contributed by atoms with van der Waals surface area (Å²) in [6.07, 6.45) is 0. The van der Waals surface area contributed by atoms with Gasteiger partial charge in [-0.05, 0) is 17.3 Å². The Hall–Kier alpha value is 0.920.